The van der Waals surface area contributed by atoms with Crippen molar-refractivity contribution in [3.8, 4) is 0 Å². The molecule has 0 fully saturated rings. The van der Waals surface area contributed by atoms with Crippen molar-refractivity contribution < 1.29 is 4.79 Å². The molecule has 0 bridgehead atoms. The molecule has 26 heavy (non-hydrogen) atoms. The van der Waals surface area contributed by atoms with Gasteiger partial charge in [-0.15, -0.1) is 0 Å². The van der Waals surface area contributed by atoms with Crippen LogP contribution in [-0.2, 0) is 0 Å². The van der Waals surface area contributed by atoms with Crippen LogP contribution in [0.3, 0.4) is 0 Å². The molecule has 2 N–H and O–H groups in total. The van der Waals surface area contributed by atoms with E-state index in [-0.39, 0.29) is 6.03 Å². The van der Waals surface area contributed by atoms with E-state index >= 15 is 0 Å². The van der Waals surface area contributed by atoms with Crippen molar-refractivity contribution in [1.29, 1.82) is 0 Å². The minimum absolute atomic E-state index is 0.153. The standard InChI is InChI=1S/C19H16Cl2N4O/c20-16-4-3-13(10-17(16)21)24-19(26)25-8-5-12(6-9-25)15-11-23-18-14(15)2-1-7-22-18/h1-5,7,10-11H,6,8-9H2,(H,22,23)(H,24,26). The lowest BCUT2D eigenvalue weighted by atomic mass is 10.00. The predicted octanol–water partition coefficient (Wildman–Crippen LogP) is 5.19. The number of benzene rings is 1. The monoisotopic (exact) mass is 386 g/mol. The number of aromatic amines is 1. The summed E-state index contributed by atoms with van der Waals surface area (Å²) < 4.78 is 0. The van der Waals surface area contributed by atoms with E-state index < -0.39 is 0 Å². The minimum Gasteiger partial charge on any atom is -0.346 e. The molecule has 1 aromatic carbocycles. The van der Waals surface area contributed by atoms with Gasteiger partial charge in [-0.05, 0) is 42.3 Å². The fourth-order valence-electron chi connectivity index (χ4n) is 3.10. The Morgan fingerprint density at radius 3 is 2.88 bits per heavy atom. The van der Waals surface area contributed by atoms with Crippen LogP contribution in [0, 0.1) is 0 Å². The molecular formula is C19H16Cl2N4O. The average Bonchev–Trinajstić information content (AvgIpc) is 3.09. The van der Waals surface area contributed by atoms with Crippen molar-refractivity contribution in [2.75, 3.05) is 18.4 Å². The van der Waals surface area contributed by atoms with Crippen LogP contribution in [0.5, 0.6) is 0 Å². The molecule has 0 saturated heterocycles. The third kappa shape index (κ3) is 3.28. The molecule has 0 saturated carbocycles. The second-order valence-electron chi connectivity index (χ2n) is 6.09. The molecular weight excluding hydrogens is 371 g/mol. The number of carbonyl (C=O) groups is 1. The van der Waals surface area contributed by atoms with E-state index in [4.69, 9.17) is 23.2 Å². The molecule has 1 aliphatic heterocycles. The molecule has 2 amide bonds. The highest BCUT2D eigenvalue weighted by Gasteiger charge is 2.19. The van der Waals surface area contributed by atoms with Crippen LogP contribution < -0.4 is 5.32 Å². The number of aromatic nitrogens is 2. The molecule has 5 nitrogen and oxygen atoms in total. The summed E-state index contributed by atoms with van der Waals surface area (Å²) in [6.07, 6.45) is 6.63. The zero-order valence-corrected chi connectivity index (χ0v) is 15.3. The summed E-state index contributed by atoms with van der Waals surface area (Å²) in [5.41, 5.74) is 3.88. The number of anilines is 1. The van der Waals surface area contributed by atoms with E-state index in [1.165, 1.54) is 5.57 Å². The molecule has 0 aliphatic carbocycles. The fraction of sp³-hybridized carbons (Fsp3) is 0.158. The summed E-state index contributed by atoms with van der Waals surface area (Å²) >= 11 is 11.9. The third-order valence-electron chi connectivity index (χ3n) is 4.46. The Labute approximate surface area is 160 Å². The van der Waals surface area contributed by atoms with Gasteiger partial charge in [-0.25, -0.2) is 9.78 Å². The molecule has 2 aromatic heterocycles. The molecule has 0 radical (unpaired) electrons. The minimum atomic E-state index is -0.153. The van der Waals surface area contributed by atoms with Crippen molar-refractivity contribution in [3.63, 3.8) is 0 Å². The topological polar surface area (TPSA) is 61.0 Å². The first-order valence-corrected chi connectivity index (χ1v) is 9.00. The molecule has 0 spiro atoms. The number of pyridine rings is 1. The maximum absolute atomic E-state index is 12.5. The predicted molar refractivity (Wildman–Crippen MR) is 106 cm³/mol. The smallest absolute Gasteiger partial charge is 0.322 e. The number of nitrogens with one attached hydrogen (secondary N) is 2. The molecule has 1 aliphatic rings. The zero-order chi connectivity index (χ0) is 18.1. The maximum Gasteiger partial charge on any atom is 0.322 e. The summed E-state index contributed by atoms with van der Waals surface area (Å²) in [6.45, 7) is 1.20. The molecule has 4 rings (SSSR count). The number of fused-ring (bicyclic) bond motifs is 1. The second kappa shape index (κ2) is 7.02. The van der Waals surface area contributed by atoms with Gasteiger partial charge in [0.1, 0.15) is 5.65 Å². The number of urea groups is 1. The molecule has 132 valence electrons. The molecule has 3 heterocycles. The van der Waals surface area contributed by atoms with Crippen LogP contribution >= 0.6 is 23.2 Å². The van der Waals surface area contributed by atoms with Crippen LogP contribution in [0.4, 0.5) is 10.5 Å². The quantitative estimate of drug-likeness (QED) is 0.636. The van der Waals surface area contributed by atoms with Crippen molar-refractivity contribution in [2.24, 2.45) is 0 Å². The van der Waals surface area contributed by atoms with Crippen LogP contribution in [0.25, 0.3) is 16.6 Å². The van der Waals surface area contributed by atoms with E-state index in [0.29, 0.717) is 28.8 Å². The van der Waals surface area contributed by atoms with Crippen molar-refractivity contribution in [2.45, 2.75) is 6.42 Å². The number of hydrogen-bond donors (Lipinski definition) is 2. The van der Waals surface area contributed by atoms with Gasteiger partial charge in [-0.1, -0.05) is 29.3 Å². The van der Waals surface area contributed by atoms with Crippen LogP contribution in [0.1, 0.15) is 12.0 Å². The third-order valence-corrected chi connectivity index (χ3v) is 5.20. The van der Waals surface area contributed by atoms with Gasteiger partial charge >= 0.3 is 6.03 Å². The second-order valence-corrected chi connectivity index (χ2v) is 6.90. The van der Waals surface area contributed by atoms with E-state index in [0.717, 1.165) is 23.0 Å². The van der Waals surface area contributed by atoms with Gasteiger partial charge in [0, 0.05) is 42.1 Å². The Hall–Kier alpha value is -2.50. The number of hydrogen-bond acceptors (Lipinski definition) is 2. The van der Waals surface area contributed by atoms with E-state index in [1.807, 2.05) is 12.3 Å². The van der Waals surface area contributed by atoms with Gasteiger partial charge in [0.2, 0.25) is 0 Å². The van der Waals surface area contributed by atoms with Crippen molar-refractivity contribution >= 4 is 51.5 Å². The number of halogens is 2. The van der Waals surface area contributed by atoms with Gasteiger partial charge in [0.05, 0.1) is 10.0 Å². The maximum atomic E-state index is 12.5. The lowest BCUT2D eigenvalue weighted by Gasteiger charge is -2.26. The normalized spacial score (nSPS) is 14.4. The first kappa shape index (κ1) is 16.9. The highest BCUT2D eigenvalue weighted by atomic mass is 35.5. The Kier molecular flexibility index (Phi) is 4.57. The summed E-state index contributed by atoms with van der Waals surface area (Å²) in [7, 11) is 0. The number of H-pyrrole nitrogens is 1. The summed E-state index contributed by atoms with van der Waals surface area (Å²) in [5.74, 6) is 0. The highest BCUT2D eigenvalue weighted by Crippen LogP contribution is 2.29. The lowest BCUT2D eigenvalue weighted by Crippen LogP contribution is -2.37. The largest absolute Gasteiger partial charge is 0.346 e. The van der Waals surface area contributed by atoms with Crippen LogP contribution in [0.15, 0.2) is 48.8 Å². The highest BCUT2D eigenvalue weighted by molar-refractivity contribution is 6.42. The van der Waals surface area contributed by atoms with E-state index in [2.05, 4.69) is 27.4 Å². The number of amides is 2. The Morgan fingerprint density at radius 1 is 1.23 bits per heavy atom. The molecule has 3 aromatic rings. The van der Waals surface area contributed by atoms with Gasteiger partial charge in [0.25, 0.3) is 0 Å². The Morgan fingerprint density at radius 2 is 2.12 bits per heavy atom. The van der Waals surface area contributed by atoms with Gasteiger partial charge < -0.3 is 15.2 Å². The van der Waals surface area contributed by atoms with Crippen molar-refractivity contribution in [1.82, 2.24) is 14.9 Å². The zero-order valence-electron chi connectivity index (χ0n) is 13.8. The van der Waals surface area contributed by atoms with Crippen LogP contribution in [0.2, 0.25) is 10.0 Å². The SMILES string of the molecule is O=C(Nc1ccc(Cl)c(Cl)c1)N1CC=C(c2c[nH]c3ncccc23)CC1. The summed E-state index contributed by atoms with van der Waals surface area (Å²) in [4.78, 5) is 21.7. The van der Waals surface area contributed by atoms with Gasteiger partial charge in [-0.2, -0.15) is 0 Å². The van der Waals surface area contributed by atoms with Gasteiger partial charge in [-0.3, -0.25) is 0 Å². The molecule has 0 unspecified atom stereocenters. The van der Waals surface area contributed by atoms with Gasteiger partial charge in [0.15, 0.2) is 0 Å². The first-order chi connectivity index (χ1) is 12.6. The first-order valence-electron chi connectivity index (χ1n) is 8.24. The summed E-state index contributed by atoms with van der Waals surface area (Å²) in [5, 5.41) is 4.84. The summed E-state index contributed by atoms with van der Waals surface area (Å²) in [6, 6.07) is 8.87. The Balaban J connectivity index is 1.46. The number of carbonyl (C=O) groups excluding carboxylic acids is 1. The average molecular weight is 387 g/mol. The number of rotatable bonds is 2. The number of nitrogens with zero attached hydrogens (tertiary/aromatic N) is 2. The molecule has 7 heteroatoms. The van der Waals surface area contributed by atoms with Crippen LogP contribution in [-0.4, -0.2) is 34.0 Å². The lowest BCUT2D eigenvalue weighted by molar-refractivity contribution is 0.217. The van der Waals surface area contributed by atoms with E-state index in [1.54, 1.807) is 29.3 Å². The Bertz CT molecular complexity index is 1010. The fourth-order valence-corrected chi connectivity index (χ4v) is 3.39. The van der Waals surface area contributed by atoms with Crippen molar-refractivity contribution in [3.05, 3.63) is 64.4 Å². The van der Waals surface area contributed by atoms with E-state index in [9.17, 15) is 4.79 Å². The molecule has 0 atom stereocenters.